The van der Waals surface area contributed by atoms with E-state index in [0.29, 0.717) is 16.1 Å². The van der Waals surface area contributed by atoms with Crippen LogP contribution in [0.2, 0.25) is 0 Å². The van der Waals surface area contributed by atoms with Crippen LogP contribution in [0, 0.1) is 17.8 Å². The lowest BCUT2D eigenvalue weighted by atomic mass is 9.84. The summed E-state index contributed by atoms with van der Waals surface area (Å²) in [5, 5.41) is 0.551. The van der Waals surface area contributed by atoms with Gasteiger partial charge in [-0.15, -0.1) is 57.1 Å². The second-order valence-corrected chi connectivity index (χ2v) is 21.6. The number of hydrogen-bond acceptors (Lipinski definition) is 9. The SMILES string of the molecule is CCC1(COCCCCCCc2ccc(-c3ccc(-c4sc(C5=CCC(c6ccc(CCCCCCOCC7(CC)COC7)s6)S5)cc4C)s3)s2)COC1. The minimum atomic E-state index is 0.305. The van der Waals surface area contributed by atoms with Crippen LogP contribution in [0.4, 0.5) is 0 Å². The molecule has 54 heavy (non-hydrogen) atoms. The zero-order valence-electron chi connectivity index (χ0n) is 32.7. The van der Waals surface area contributed by atoms with E-state index in [9.17, 15) is 0 Å². The van der Waals surface area contributed by atoms with E-state index >= 15 is 0 Å². The Morgan fingerprint density at radius 1 is 0.630 bits per heavy atom. The van der Waals surface area contributed by atoms with Crippen molar-refractivity contribution in [1.29, 1.82) is 0 Å². The van der Waals surface area contributed by atoms with Gasteiger partial charge in [-0.05, 0) is 113 Å². The number of allylic oxidation sites excluding steroid dienone is 1. The highest BCUT2D eigenvalue weighted by molar-refractivity contribution is 8.09. The Morgan fingerprint density at radius 2 is 1.20 bits per heavy atom. The quantitative estimate of drug-likeness (QED) is 0.0658. The molecular formula is C45H60O4S5. The van der Waals surface area contributed by atoms with E-state index in [1.54, 1.807) is 4.88 Å². The van der Waals surface area contributed by atoms with Crippen molar-refractivity contribution in [3.05, 3.63) is 73.6 Å². The van der Waals surface area contributed by atoms with Gasteiger partial charge in [-0.3, -0.25) is 0 Å². The maximum atomic E-state index is 5.99. The first-order chi connectivity index (χ1) is 26.5. The van der Waals surface area contributed by atoms with Gasteiger partial charge in [0, 0.05) is 73.2 Å². The number of unbranched alkanes of at least 4 members (excludes halogenated alkanes) is 6. The van der Waals surface area contributed by atoms with Gasteiger partial charge in [-0.1, -0.05) is 45.6 Å². The van der Waals surface area contributed by atoms with Crippen molar-refractivity contribution in [2.24, 2.45) is 10.8 Å². The molecule has 0 N–H and O–H groups in total. The summed E-state index contributed by atoms with van der Waals surface area (Å²) in [6.45, 7) is 13.8. The summed E-state index contributed by atoms with van der Waals surface area (Å²) in [7, 11) is 0. The standard InChI is InChI=1S/C45H60O4S5/c1-4-44(29-48-30-44)27-46-24-12-8-6-10-14-34-16-18-36(50-34)38-20-21-40(52-38)42-26-33(3)43(54-42)41-23-22-39(53-41)37-19-17-35(51-37)15-11-7-9-13-25-47-28-45(5-2)31-49-32-45/h16-19,21-23,26,38H,4-15,20,24-25,27-32H2,1-3H3. The molecule has 3 aliphatic rings. The summed E-state index contributed by atoms with van der Waals surface area (Å²) in [5.74, 6) is 0. The lowest BCUT2D eigenvalue weighted by molar-refractivity contribution is -0.150. The number of aryl methyl sites for hydroxylation is 3. The largest absolute Gasteiger partial charge is 0.381 e. The molecular weight excluding hydrogens is 765 g/mol. The Labute approximate surface area is 345 Å². The molecule has 0 amide bonds. The van der Waals surface area contributed by atoms with Gasteiger partial charge >= 0.3 is 0 Å². The van der Waals surface area contributed by atoms with Gasteiger partial charge < -0.3 is 18.9 Å². The van der Waals surface area contributed by atoms with Gasteiger partial charge in [0.25, 0.3) is 0 Å². The summed E-state index contributed by atoms with van der Waals surface area (Å²) in [4.78, 5) is 13.1. The van der Waals surface area contributed by atoms with Crippen LogP contribution < -0.4 is 0 Å². The molecule has 4 aromatic rings. The first-order valence-electron chi connectivity index (χ1n) is 20.5. The molecule has 7 rings (SSSR count). The summed E-state index contributed by atoms with van der Waals surface area (Å²) in [6.07, 6.45) is 18.3. The highest BCUT2D eigenvalue weighted by Crippen LogP contribution is 2.53. The molecule has 1 atom stereocenters. The van der Waals surface area contributed by atoms with E-state index in [1.807, 2.05) is 45.3 Å². The Bertz CT molecular complexity index is 1760. The molecule has 2 fully saturated rings. The molecule has 0 spiro atoms. The summed E-state index contributed by atoms with van der Waals surface area (Å²) in [5.41, 5.74) is 2.01. The predicted molar refractivity (Wildman–Crippen MR) is 236 cm³/mol. The van der Waals surface area contributed by atoms with Crippen molar-refractivity contribution in [2.75, 3.05) is 52.9 Å². The van der Waals surface area contributed by atoms with Crippen LogP contribution in [0.5, 0.6) is 0 Å². The van der Waals surface area contributed by atoms with Crippen molar-refractivity contribution in [1.82, 2.24) is 0 Å². The molecule has 0 radical (unpaired) electrons. The second kappa shape index (κ2) is 19.9. The third-order valence-electron chi connectivity index (χ3n) is 11.6. The summed E-state index contributed by atoms with van der Waals surface area (Å²) >= 11 is 10.0. The topological polar surface area (TPSA) is 36.9 Å². The van der Waals surface area contributed by atoms with Crippen molar-refractivity contribution >= 4 is 62.0 Å². The van der Waals surface area contributed by atoms with Crippen molar-refractivity contribution in [3.63, 3.8) is 0 Å². The summed E-state index contributed by atoms with van der Waals surface area (Å²) in [6, 6.07) is 16.6. The number of thioether (sulfide) groups is 1. The Morgan fingerprint density at radius 3 is 1.83 bits per heavy atom. The van der Waals surface area contributed by atoms with Crippen LogP contribution in [0.3, 0.4) is 0 Å². The highest BCUT2D eigenvalue weighted by Gasteiger charge is 2.37. The van der Waals surface area contributed by atoms with Crippen molar-refractivity contribution in [3.8, 4) is 19.5 Å². The number of hydrogen-bond donors (Lipinski definition) is 0. The van der Waals surface area contributed by atoms with Crippen LogP contribution >= 0.6 is 57.1 Å². The average Bonchev–Trinajstić information content (AvgIpc) is 3.99. The molecule has 1 unspecified atom stereocenters. The molecule has 0 bridgehead atoms. The maximum absolute atomic E-state index is 5.99. The molecule has 2 saturated heterocycles. The van der Waals surface area contributed by atoms with Gasteiger partial charge in [0.15, 0.2) is 0 Å². The zero-order valence-corrected chi connectivity index (χ0v) is 36.8. The molecule has 4 nitrogen and oxygen atoms in total. The highest BCUT2D eigenvalue weighted by atomic mass is 32.2. The molecule has 0 saturated carbocycles. The summed E-state index contributed by atoms with van der Waals surface area (Å²) < 4.78 is 22.8. The zero-order chi connectivity index (χ0) is 37.2. The molecule has 3 aliphatic heterocycles. The molecule has 9 heteroatoms. The third kappa shape index (κ3) is 10.6. The minimum absolute atomic E-state index is 0.305. The fraction of sp³-hybridized carbons (Fsp3) is 0.600. The first-order valence-corrected chi connectivity index (χ1v) is 24.7. The second-order valence-electron chi connectivity index (χ2n) is 15.9. The van der Waals surface area contributed by atoms with E-state index in [2.05, 4.69) is 81.1 Å². The van der Waals surface area contributed by atoms with E-state index in [-0.39, 0.29) is 0 Å². The molecule has 0 aliphatic carbocycles. The lowest BCUT2D eigenvalue weighted by Gasteiger charge is -2.40. The Balaban J connectivity index is 0.801. The smallest absolute Gasteiger partial charge is 0.0566 e. The monoisotopic (exact) mass is 824 g/mol. The number of ether oxygens (including phenoxy) is 4. The van der Waals surface area contributed by atoms with E-state index in [4.69, 9.17) is 18.9 Å². The maximum Gasteiger partial charge on any atom is 0.0566 e. The predicted octanol–water partition coefficient (Wildman–Crippen LogP) is 13.9. The van der Waals surface area contributed by atoms with Crippen LogP contribution in [0.15, 0.2) is 48.5 Å². The third-order valence-corrected chi connectivity index (χ3v) is 18.3. The first kappa shape index (κ1) is 40.9. The van der Waals surface area contributed by atoms with Gasteiger partial charge in [0.1, 0.15) is 0 Å². The fourth-order valence-corrected chi connectivity index (χ4v) is 13.5. The van der Waals surface area contributed by atoms with Gasteiger partial charge in [-0.25, -0.2) is 0 Å². The number of rotatable bonds is 24. The van der Waals surface area contributed by atoms with Crippen LogP contribution in [-0.4, -0.2) is 52.9 Å². The number of thiophene rings is 4. The van der Waals surface area contributed by atoms with Crippen molar-refractivity contribution < 1.29 is 18.9 Å². The molecule has 294 valence electrons. The molecule has 7 heterocycles. The average molecular weight is 825 g/mol. The lowest BCUT2D eigenvalue weighted by Crippen LogP contribution is -2.45. The molecule has 4 aromatic heterocycles. The van der Waals surface area contributed by atoms with Gasteiger partial charge in [0.2, 0.25) is 0 Å². The fourth-order valence-electron chi connectivity index (χ4n) is 7.44. The van der Waals surface area contributed by atoms with Gasteiger partial charge in [0.05, 0.1) is 39.6 Å². The Hall–Kier alpha value is -1.27. The van der Waals surface area contributed by atoms with Gasteiger partial charge in [-0.2, -0.15) is 0 Å². The van der Waals surface area contributed by atoms with Crippen LogP contribution in [-0.2, 0) is 31.8 Å². The van der Waals surface area contributed by atoms with Crippen molar-refractivity contribution in [2.45, 2.75) is 109 Å². The normalized spacial score (nSPS) is 18.9. The van der Waals surface area contributed by atoms with E-state index in [0.717, 1.165) is 72.1 Å². The van der Waals surface area contributed by atoms with Crippen LogP contribution in [0.1, 0.15) is 115 Å². The van der Waals surface area contributed by atoms with E-state index < -0.39 is 0 Å². The van der Waals surface area contributed by atoms with Crippen LogP contribution in [0.25, 0.3) is 24.4 Å². The molecule has 0 aromatic carbocycles. The Kier molecular flexibility index (Phi) is 15.1. The minimum Gasteiger partial charge on any atom is -0.381 e. The van der Waals surface area contributed by atoms with E-state index in [1.165, 1.54) is 109 Å².